The molecule has 0 spiro atoms. The summed E-state index contributed by atoms with van der Waals surface area (Å²) in [5.74, 6) is 1.42. The first-order valence-corrected chi connectivity index (χ1v) is 8.40. The van der Waals surface area contributed by atoms with Gasteiger partial charge in [0.15, 0.2) is 11.5 Å². The fourth-order valence-corrected chi connectivity index (χ4v) is 3.06. The topological polar surface area (TPSA) is 104 Å². The Morgan fingerprint density at radius 2 is 2.16 bits per heavy atom. The van der Waals surface area contributed by atoms with Gasteiger partial charge in [0.05, 0.1) is 32.6 Å². The Labute approximate surface area is 146 Å². The molecule has 2 heterocycles. The van der Waals surface area contributed by atoms with Crippen LogP contribution in [0.1, 0.15) is 24.8 Å². The molecule has 1 saturated heterocycles. The number of aliphatic imine (C=N–C) groups is 1. The van der Waals surface area contributed by atoms with Crippen LogP contribution in [0.25, 0.3) is 0 Å². The van der Waals surface area contributed by atoms with Crippen LogP contribution in [0.15, 0.2) is 17.1 Å². The molecule has 1 aromatic rings. The van der Waals surface area contributed by atoms with Gasteiger partial charge in [-0.3, -0.25) is 10.1 Å². The standard InChI is InChI=1S/C17H23N3O5/c1-24-15-11-9-20-13(10-22)16(23)19-17(20)18-12(11)5-6-14(15)25-8-4-2-3-7-21/h5-6,13,21-22H,2-4,7-10H2,1H3,(H,18,19,23). The lowest BCUT2D eigenvalue weighted by Crippen LogP contribution is -2.39. The Bertz CT molecular complexity index is 676. The van der Waals surface area contributed by atoms with E-state index in [9.17, 15) is 9.90 Å². The molecule has 1 fully saturated rings. The molecule has 25 heavy (non-hydrogen) atoms. The zero-order valence-electron chi connectivity index (χ0n) is 14.2. The maximum absolute atomic E-state index is 11.9. The Hall–Kier alpha value is -2.32. The summed E-state index contributed by atoms with van der Waals surface area (Å²) in [7, 11) is 1.57. The maximum atomic E-state index is 11.9. The molecule has 1 aromatic carbocycles. The van der Waals surface area contributed by atoms with Crippen molar-refractivity contribution in [1.29, 1.82) is 0 Å². The number of unbranched alkanes of at least 4 members (excludes halogenated alkanes) is 2. The van der Waals surface area contributed by atoms with Gasteiger partial charge in [0, 0.05) is 12.2 Å². The lowest BCUT2D eigenvalue weighted by Gasteiger charge is -2.28. The molecule has 0 aromatic heterocycles. The van der Waals surface area contributed by atoms with Crippen LogP contribution in [0.3, 0.4) is 0 Å². The van der Waals surface area contributed by atoms with Crippen LogP contribution in [0.2, 0.25) is 0 Å². The summed E-state index contributed by atoms with van der Waals surface area (Å²) in [6.45, 7) is 0.858. The zero-order chi connectivity index (χ0) is 17.8. The number of ether oxygens (including phenoxy) is 2. The molecule has 1 amide bonds. The van der Waals surface area contributed by atoms with Crippen molar-refractivity contribution in [1.82, 2.24) is 10.2 Å². The Balaban J connectivity index is 1.79. The van der Waals surface area contributed by atoms with Gasteiger partial charge < -0.3 is 24.6 Å². The van der Waals surface area contributed by atoms with Crippen molar-refractivity contribution >= 4 is 17.6 Å². The molecule has 2 aliphatic heterocycles. The summed E-state index contributed by atoms with van der Waals surface area (Å²) in [5, 5.41) is 21.0. The molecule has 0 saturated carbocycles. The third-order valence-electron chi connectivity index (χ3n) is 4.38. The number of carbonyl (C=O) groups excluding carboxylic acids is 1. The molecule has 1 atom stereocenters. The zero-order valence-corrected chi connectivity index (χ0v) is 14.2. The molecule has 3 N–H and O–H groups in total. The first-order valence-electron chi connectivity index (χ1n) is 8.40. The van der Waals surface area contributed by atoms with Gasteiger partial charge in [-0.15, -0.1) is 0 Å². The second kappa shape index (κ2) is 7.71. The predicted molar refractivity (Wildman–Crippen MR) is 91.1 cm³/mol. The quantitative estimate of drug-likeness (QED) is 0.592. The van der Waals surface area contributed by atoms with E-state index in [1.807, 2.05) is 12.1 Å². The van der Waals surface area contributed by atoms with E-state index in [1.165, 1.54) is 0 Å². The number of hydrogen-bond acceptors (Lipinski definition) is 7. The normalized spacial score (nSPS) is 18.4. The number of rotatable bonds is 8. The number of carbonyl (C=O) groups is 1. The molecule has 2 aliphatic rings. The monoisotopic (exact) mass is 349 g/mol. The van der Waals surface area contributed by atoms with Crippen molar-refractivity contribution in [3.05, 3.63) is 17.7 Å². The lowest BCUT2D eigenvalue weighted by atomic mass is 10.1. The molecule has 136 valence electrons. The number of methoxy groups -OCH3 is 1. The van der Waals surface area contributed by atoms with E-state index in [4.69, 9.17) is 14.6 Å². The number of nitrogens with zero attached hydrogens (tertiary/aromatic N) is 2. The molecular formula is C17H23N3O5. The lowest BCUT2D eigenvalue weighted by molar-refractivity contribution is -0.122. The first-order chi connectivity index (χ1) is 12.2. The van der Waals surface area contributed by atoms with Gasteiger partial charge in [0.25, 0.3) is 5.91 Å². The van der Waals surface area contributed by atoms with Gasteiger partial charge in [0.2, 0.25) is 5.96 Å². The minimum atomic E-state index is -0.639. The van der Waals surface area contributed by atoms with Gasteiger partial charge in [-0.05, 0) is 31.4 Å². The molecule has 8 nitrogen and oxygen atoms in total. The third-order valence-corrected chi connectivity index (χ3v) is 4.38. The van der Waals surface area contributed by atoms with Crippen LogP contribution < -0.4 is 14.8 Å². The minimum Gasteiger partial charge on any atom is -0.492 e. The Kier molecular flexibility index (Phi) is 5.40. The highest BCUT2D eigenvalue weighted by Gasteiger charge is 2.39. The number of amides is 1. The molecule has 8 heteroatoms. The van der Waals surface area contributed by atoms with E-state index in [2.05, 4.69) is 10.3 Å². The predicted octanol–water partition coefficient (Wildman–Crippen LogP) is 0.530. The number of benzene rings is 1. The van der Waals surface area contributed by atoms with E-state index >= 15 is 0 Å². The van der Waals surface area contributed by atoms with E-state index in [1.54, 1.807) is 12.0 Å². The Morgan fingerprint density at radius 3 is 2.88 bits per heavy atom. The number of nitrogens with one attached hydrogen (secondary N) is 1. The van der Waals surface area contributed by atoms with Crippen molar-refractivity contribution < 1.29 is 24.5 Å². The summed E-state index contributed by atoms with van der Waals surface area (Å²) >= 11 is 0. The van der Waals surface area contributed by atoms with E-state index in [-0.39, 0.29) is 19.1 Å². The molecule has 0 aliphatic carbocycles. The summed E-state index contributed by atoms with van der Waals surface area (Å²) in [5.41, 5.74) is 1.55. The van der Waals surface area contributed by atoms with Gasteiger partial charge in [-0.25, -0.2) is 4.99 Å². The summed E-state index contributed by atoms with van der Waals surface area (Å²) in [4.78, 5) is 18.1. The second-order valence-electron chi connectivity index (χ2n) is 5.98. The third kappa shape index (κ3) is 3.40. The van der Waals surface area contributed by atoms with Crippen molar-refractivity contribution in [2.45, 2.75) is 31.8 Å². The molecule has 0 radical (unpaired) electrons. The summed E-state index contributed by atoms with van der Waals surface area (Å²) < 4.78 is 11.4. The average Bonchev–Trinajstić information content (AvgIpc) is 2.93. The van der Waals surface area contributed by atoms with Gasteiger partial charge in [-0.1, -0.05) is 0 Å². The van der Waals surface area contributed by atoms with E-state index in [0.717, 1.165) is 30.5 Å². The number of aliphatic hydroxyl groups is 2. The molecule has 1 unspecified atom stereocenters. The van der Waals surface area contributed by atoms with Crippen LogP contribution in [0.5, 0.6) is 11.5 Å². The number of guanidine groups is 1. The SMILES string of the molecule is COc1c(OCCCCCO)ccc2c1CN1C(=N2)NC(=O)C1CO. The van der Waals surface area contributed by atoms with Crippen LogP contribution >= 0.6 is 0 Å². The van der Waals surface area contributed by atoms with Gasteiger partial charge in [0.1, 0.15) is 6.04 Å². The fraction of sp³-hybridized carbons (Fsp3) is 0.529. The molecule has 3 rings (SSSR count). The van der Waals surface area contributed by atoms with Crippen LogP contribution in [0, 0.1) is 0 Å². The molecular weight excluding hydrogens is 326 g/mol. The number of aliphatic hydroxyl groups excluding tert-OH is 2. The summed E-state index contributed by atoms with van der Waals surface area (Å²) in [6.07, 6.45) is 2.51. The number of fused-ring (bicyclic) bond motifs is 2. The second-order valence-corrected chi connectivity index (χ2v) is 5.98. The highest BCUT2D eigenvalue weighted by molar-refractivity contribution is 6.08. The van der Waals surface area contributed by atoms with Gasteiger partial charge >= 0.3 is 0 Å². The van der Waals surface area contributed by atoms with E-state index in [0.29, 0.717) is 30.6 Å². The van der Waals surface area contributed by atoms with Crippen LogP contribution in [-0.2, 0) is 11.3 Å². The van der Waals surface area contributed by atoms with Crippen molar-refractivity contribution in [3.63, 3.8) is 0 Å². The number of hydrogen-bond donors (Lipinski definition) is 3. The highest BCUT2D eigenvalue weighted by atomic mass is 16.5. The van der Waals surface area contributed by atoms with Gasteiger partial charge in [-0.2, -0.15) is 0 Å². The van der Waals surface area contributed by atoms with Crippen LogP contribution in [-0.4, -0.2) is 60.0 Å². The van der Waals surface area contributed by atoms with Crippen molar-refractivity contribution in [2.75, 3.05) is 26.9 Å². The Morgan fingerprint density at radius 1 is 1.32 bits per heavy atom. The summed E-state index contributed by atoms with van der Waals surface area (Å²) in [6, 6.07) is 3.01. The fourth-order valence-electron chi connectivity index (χ4n) is 3.06. The largest absolute Gasteiger partial charge is 0.492 e. The smallest absolute Gasteiger partial charge is 0.251 e. The van der Waals surface area contributed by atoms with Crippen molar-refractivity contribution in [2.24, 2.45) is 4.99 Å². The van der Waals surface area contributed by atoms with Crippen molar-refractivity contribution in [3.8, 4) is 11.5 Å². The average molecular weight is 349 g/mol. The highest BCUT2D eigenvalue weighted by Crippen LogP contribution is 2.41. The molecule has 0 bridgehead atoms. The van der Waals surface area contributed by atoms with Crippen LogP contribution in [0.4, 0.5) is 5.69 Å². The van der Waals surface area contributed by atoms with E-state index < -0.39 is 6.04 Å². The first kappa shape index (κ1) is 17.5. The maximum Gasteiger partial charge on any atom is 0.251 e. The minimum absolute atomic E-state index is 0.192.